The van der Waals surface area contributed by atoms with Crippen LogP contribution in [-0.2, 0) is 24.3 Å². The van der Waals surface area contributed by atoms with E-state index in [1.807, 2.05) is 25.2 Å². The van der Waals surface area contributed by atoms with Gasteiger partial charge in [0, 0.05) is 19.1 Å². The number of halogens is 5. The molecule has 11 heteroatoms. The van der Waals surface area contributed by atoms with Crippen LogP contribution in [0.5, 0.6) is 0 Å². The van der Waals surface area contributed by atoms with E-state index in [2.05, 4.69) is 24.0 Å². The van der Waals surface area contributed by atoms with Gasteiger partial charge in [0.2, 0.25) is 6.29 Å². The molecule has 198 valence electrons. The van der Waals surface area contributed by atoms with Crippen molar-refractivity contribution in [2.45, 2.75) is 38.7 Å². The van der Waals surface area contributed by atoms with Crippen molar-refractivity contribution in [3.05, 3.63) is 103 Å². The van der Waals surface area contributed by atoms with Crippen LogP contribution in [0.15, 0.2) is 65.5 Å². The van der Waals surface area contributed by atoms with Gasteiger partial charge in [-0.2, -0.15) is 13.2 Å². The summed E-state index contributed by atoms with van der Waals surface area (Å²) in [5.74, 6) is -0.970. The molecule has 0 radical (unpaired) electrons. The van der Waals surface area contributed by atoms with Crippen molar-refractivity contribution in [1.29, 1.82) is 0 Å². The normalized spacial score (nSPS) is 12.0. The Hall–Kier alpha value is -3.14. The minimum atomic E-state index is -4.64. The molecule has 37 heavy (non-hydrogen) atoms. The number of rotatable bonds is 8. The maximum atomic E-state index is 12.8. The zero-order chi connectivity index (χ0) is 27.8. The highest BCUT2D eigenvalue weighted by molar-refractivity contribution is 6.34. The predicted octanol–water partition coefficient (Wildman–Crippen LogP) is 6.04. The topological polar surface area (TPSA) is 79.6 Å². The first-order valence-electron chi connectivity index (χ1n) is 11.0. The van der Waals surface area contributed by atoms with Crippen molar-refractivity contribution < 1.29 is 27.9 Å². The fourth-order valence-electron chi connectivity index (χ4n) is 3.45. The van der Waals surface area contributed by atoms with Gasteiger partial charge in [-0.1, -0.05) is 65.7 Å². The molecule has 0 aliphatic rings. The number of aromatic carboxylic acids is 1. The average Bonchev–Trinajstić information content (AvgIpc) is 2.87. The van der Waals surface area contributed by atoms with E-state index in [-0.39, 0.29) is 22.2 Å². The van der Waals surface area contributed by atoms with Gasteiger partial charge in [0.25, 0.3) is 5.56 Å². The molecule has 0 aliphatic carbocycles. The highest BCUT2D eigenvalue weighted by Crippen LogP contribution is 2.25. The Labute approximate surface area is 221 Å². The molecule has 3 aromatic rings. The lowest BCUT2D eigenvalue weighted by Crippen LogP contribution is -2.30. The van der Waals surface area contributed by atoms with Gasteiger partial charge in [0.15, 0.2) is 0 Å². The summed E-state index contributed by atoms with van der Waals surface area (Å²) in [7, 11) is 1.99. The number of carbonyl (C=O) groups excluding carboxylic acids is 1. The second-order valence-corrected chi connectivity index (χ2v) is 8.97. The number of aryl methyl sites for hydroxylation is 1. The number of benzene rings is 2. The molecule has 0 amide bonds. The van der Waals surface area contributed by atoms with Crippen LogP contribution < -0.4 is 5.56 Å². The zero-order valence-electron chi connectivity index (χ0n) is 20.0. The first kappa shape index (κ1) is 30.1. The highest BCUT2D eigenvalue weighted by atomic mass is 35.5. The smallest absolute Gasteiger partial charge is 0.446 e. The highest BCUT2D eigenvalue weighted by Gasteiger charge is 2.25. The van der Waals surface area contributed by atoms with Crippen LogP contribution in [0.3, 0.4) is 0 Å². The van der Waals surface area contributed by atoms with Gasteiger partial charge in [0.1, 0.15) is 5.02 Å². The van der Waals surface area contributed by atoms with Crippen molar-refractivity contribution in [2.24, 2.45) is 0 Å². The lowest BCUT2D eigenvalue weighted by atomic mass is 10.1. The SMILES string of the molecule is C[C@@H](c1ccccc1)N(C)Cc1c(Cl)cc(Cl)c(=O)n1CCc1ccc(C(=O)O)cc1.O=CC(F)(F)F. The van der Waals surface area contributed by atoms with Crippen LogP contribution in [0.4, 0.5) is 13.2 Å². The number of aldehydes is 1. The molecule has 0 bridgehead atoms. The average molecular weight is 557 g/mol. The third-order valence-electron chi connectivity index (χ3n) is 5.61. The number of carbonyl (C=O) groups is 2. The summed E-state index contributed by atoms with van der Waals surface area (Å²) in [6.07, 6.45) is -5.16. The van der Waals surface area contributed by atoms with Crippen LogP contribution in [0.2, 0.25) is 10.0 Å². The predicted molar refractivity (Wildman–Crippen MR) is 136 cm³/mol. The van der Waals surface area contributed by atoms with Gasteiger partial charge in [-0.3, -0.25) is 14.5 Å². The number of hydrogen-bond acceptors (Lipinski definition) is 4. The summed E-state index contributed by atoms with van der Waals surface area (Å²) in [5.41, 5.74) is 2.73. The number of hydrogen-bond donors (Lipinski definition) is 1. The first-order chi connectivity index (χ1) is 17.3. The summed E-state index contributed by atoms with van der Waals surface area (Å²) in [5, 5.41) is 9.57. The van der Waals surface area contributed by atoms with E-state index in [1.54, 1.807) is 28.8 Å². The molecule has 1 N–H and O–H groups in total. The largest absolute Gasteiger partial charge is 0.478 e. The van der Waals surface area contributed by atoms with Gasteiger partial charge in [-0.25, -0.2) is 4.79 Å². The van der Waals surface area contributed by atoms with Crippen LogP contribution in [0, 0.1) is 0 Å². The van der Waals surface area contributed by atoms with Crippen molar-refractivity contribution in [1.82, 2.24) is 9.47 Å². The van der Waals surface area contributed by atoms with Gasteiger partial charge in [-0.05, 0) is 49.7 Å². The molecular formula is C26H25Cl2F3N2O4. The molecule has 3 rings (SSSR count). The Balaban J connectivity index is 0.000000717. The number of carboxylic acids is 1. The van der Waals surface area contributed by atoms with Crippen LogP contribution >= 0.6 is 23.2 Å². The molecule has 6 nitrogen and oxygen atoms in total. The molecule has 0 unspecified atom stereocenters. The third kappa shape index (κ3) is 9.03. The van der Waals surface area contributed by atoms with E-state index in [4.69, 9.17) is 33.1 Å². The molecule has 0 fully saturated rings. The lowest BCUT2D eigenvalue weighted by molar-refractivity contribution is -0.156. The number of aromatic nitrogens is 1. The van der Waals surface area contributed by atoms with Crippen molar-refractivity contribution in [3.8, 4) is 0 Å². The Bertz CT molecular complexity index is 1260. The summed E-state index contributed by atoms with van der Waals surface area (Å²) in [6.45, 7) is 2.96. The first-order valence-corrected chi connectivity index (χ1v) is 11.8. The fraction of sp³-hybridized carbons (Fsp3) is 0.269. The second kappa shape index (κ2) is 13.4. The molecule has 1 atom stereocenters. The summed E-state index contributed by atoms with van der Waals surface area (Å²) >= 11 is 12.6. The van der Waals surface area contributed by atoms with Crippen LogP contribution in [0.1, 0.15) is 40.1 Å². The molecule has 0 spiro atoms. The van der Waals surface area contributed by atoms with E-state index in [0.717, 1.165) is 5.56 Å². The Morgan fingerprint density at radius 2 is 1.65 bits per heavy atom. The molecule has 0 aliphatic heterocycles. The zero-order valence-corrected chi connectivity index (χ0v) is 21.5. The van der Waals surface area contributed by atoms with Crippen molar-refractivity contribution in [2.75, 3.05) is 7.05 Å². The van der Waals surface area contributed by atoms with E-state index in [9.17, 15) is 22.8 Å². The molecule has 0 saturated heterocycles. The van der Waals surface area contributed by atoms with E-state index in [1.165, 1.54) is 11.6 Å². The van der Waals surface area contributed by atoms with E-state index in [0.29, 0.717) is 30.2 Å². The quantitative estimate of drug-likeness (QED) is 0.342. The Morgan fingerprint density at radius 3 is 2.16 bits per heavy atom. The standard InChI is InChI=1S/C24H24Cl2N2O3.C2HF3O/c1-16(18-6-4-3-5-7-18)27(2)15-22-20(25)14-21(26)23(29)28(22)13-12-17-8-10-19(11-9-17)24(30)31;3-2(4,5)1-6/h3-11,14,16H,12-13,15H2,1-2H3,(H,30,31);1H/t16-;/m0./s1. The number of nitrogens with zero attached hydrogens (tertiary/aromatic N) is 2. The van der Waals surface area contributed by atoms with Crippen LogP contribution in [0.25, 0.3) is 0 Å². The number of alkyl halides is 3. The van der Waals surface area contributed by atoms with Gasteiger partial charge in [0.05, 0.1) is 16.3 Å². The maximum Gasteiger partial charge on any atom is 0.446 e. The van der Waals surface area contributed by atoms with Gasteiger partial charge >= 0.3 is 12.1 Å². The molecule has 2 aromatic carbocycles. The number of pyridine rings is 1. The third-order valence-corrected chi connectivity index (χ3v) is 6.20. The van der Waals surface area contributed by atoms with E-state index >= 15 is 0 Å². The Kier molecular flexibility index (Phi) is 10.9. The Morgan fingerprint density at radius 1 is 1.08 bits per heavy atom. The number of carboxylic acid groups (broad SMARTS) is 1. The monoisotopic (exact) mass is 556 g/mol. The molecule has 1 heterocycles. The van der Waals surface area contributed by atoms with Crippen molar-refractivity contribution >= 4 is 35.5 Å². The molecule has 1 aromatic heterocycles. The minimum absolute atomic E-state index is 0.0775. The fourth-order valence-corrected chi connectivity index (χ4v) is 3.99. The maximum absolute atomic E-state index is 12.8. The van der Waals surface area contributed by atoms with Gasteiger partial charge in [-0.15, -0.1) is 0 Å². The molecular weight excluding hydrogens is 532 g/mol. The van der Waals surface area contributed by atoms with Crippen molar-refractivity contribution in [3.63, 3.8) is 0 Å². The van der Waals surface area contributed by atoms with Crippen LogP contribution in [-0.4, -0.2) is 40.1 Å². The van der Waals surface area contributed by atoms with Gasteiger partial charge < -0.3 is 9.67 Å². The van der Waals surface area contributed by atoms with E-state index < -0.39 is 18.4 Å². The summed E-state index contributed by atoms with van der Waals surface area (Å²) < 4.78 is 32.9. The summed E-state index contributed by atoms with van der Waals surface area (Å²) in [6, 6.07) is 18.4. The lowest BCUT2D eigenvalue weighted by Gasteiger charge is -2.27. The second-order valence-electron chi connectivity index (χ2n) is 8.16. The minimum Gasteiger partial charge on any atom is -0.478 e. The summed E-state index contributed by atoms with van der Waals surface area (Å²) in [4.78, 5) is 34.7. The molecule has 0 saturated carbocycles.